The maximum atomic E-state index is 12.1. The Hall–Kier alpha value is -2.21. The van der Waals surface area contributed by atoms with E-state index in [0.29, 0.717) is 11.4 Å². The molecule has 0 atom stereocenters. The number of anilines is 1. The van der Waals surface area contributed by atoms with E-state index in [2.05, 4.69) is 4.72 Å². The first-order valence-electron chi connectivity index (χ1n) is 5.47. The number of ether oxygens (including phenoxy) is 1. The van der Waals surface area contributed by atoms with Gasteiger partial charge in [0.1, 0.15) is 11.5 Å². The number of hydrogen-bond donors (Lipinski definition) is 2. The van der Waals surface area contributed by atoms with E-state index in [9.17, 15) is 13.5 Å². The number of methoxy groups -OCH3 is 1. The Kier molecular flexibility index (Phi) is 3.62. The van der Waals surface area contributed by atoms with Crippen LogP contribution in [0.1, 0.15) is 0 Å². The van der Waals surface area contributed by atoms with E-state index >= 15 is 0 Å². The van der Waals surface area contributed by atoms with Crippen LogP contribution in [-0.4, -0.2) is 20.6 Å². The summed E-state index contributed by atoms with van der Waals surface area (Å²) in [5.74, 6) is 0.449. The molecule has 0 aliphatic carbocycles. The van der Waals surface area contributed by atoms with Gasteiger partial charge >= 0.3 is 0 Å². The monoisotopic (exact) mass is 279 g/mol. The molecule has 0 saturated heterocycles. The zero-order chi connectivity index (χ0) is 13.9. The number of hydrogen-bond acceptors (Lipinski definition) is 4. The van der Waals surface area contributed by atoms with Gasteiger partial charge in [-0.3, -0.25) is 4.72 Å². The standard InChI is InChI=1S/C13H13NO4S/c1-18-12-6-2-4-10(8-12)14-19(16,17)13-7-3-5-11(15)9-13/h2-9,14-15H,1H3. The summed E-state index contributed by atoms with van der Waals surface area (Å²) in [7, 11) is -2.22. The molecule has 5 nitrogen and oxygen atoms in total. The molecule has 2 N–H and O–H groups in total. The highest BCUT2D eigenvalue weighted by molar-refractivity contribution is 7.92. The van der Waals surface area contributed by atoms with E-state index < -0.39 is 10.0 Å². The molecule has 2 rings (SSSR count). The average Bonchev–Trinajstić information content (AvgIpc) is 2.38. The van der Waals surface area contributed by atoms with Crippen molar-refractivity contribution in [1.82, 2.24) is 0 Å². The molecule has 19 heavy (non-hydrogen) atoms. The van der Waals surface area contributed by atoms with Gasteiger partial charge in [-0.05, 0) is 24.3 Å². The Morgan fingerprint density at radius 2 is 1.84 bits per heavy atom. The highest BCUT2D eigenvalue weighted by atomic mass is 32.2. The van der Waals surface area contributed by atoms with Gasteiger partial charge in [-0.1, -0.05) is 12.1 Å². The van der Waals surface area contributed by atoms with Gasteiger partial charge in [-0.15, -0.1) is 0 Å². The van der Waals surface area contributed by atoms with Crippen molar-refractivity contribution < 1.29 is 18.3 Å². The third-order valence-electron chi connectivity index (χ3n) is 2.45. The quantitative estimate of drug-likeness (QED) is 0.899. The fraction of sp³-hybridized carbons (Fsp3) is 0.0769. The van der Waals surface area contributed by atoms with Crippen LogP contribution in [0.15, 0.2) is 53.4 Å². The minimum atomic E-state index is -3.73. The van der Waals surface area contributed by atoms with Gasteiger partial charge in [0.05, 0.1) is 17.7 Å². The normalized spacial score (nSPS) is 11.0. The Morgan fingerprint density at radius 3 is 2.53 bits per heavy atom. The van der Waals surface area contributed by atoms with Gasteiger partial charge in [0.25, 0.3) is 10.0 Å². The molecular formula is C13H13NO4S. The third-order valence-corrected chi connectivity index (χ3v) is 3.83. The zero-order valence-electron chi connectivity index (χ0n) is 10.2. The van der Waals surface area contributed by atoms with Gasteiger partial charge in [0.2, 0.25) is 0 Å². The molecule has 0 heterocycles. The summed E-state index contributed by atoms with van der Waals surface area (Å²) in [6, 6.07) is 12.0. The van der Waals surface area contributed by atoms with Gasteiger partial charge in [0.15, 0.2) is 0 Å². The molecule has 0 radical (unpaired) electrons. The molecule has 100 valence electrons. The molecule has 2 aromatic rings. The van der Waals surface area contributed by atoms with Crippen LogP contribution in [0, 0.1) is 0 Å². The van der Waals surface area contributed by atoms with Crippen molar-refractivity contribution in [2.45, 2.75) is 4.90 Å². The SMILES string of the molecule is COc1cccc(NS(=O)(=O)c2cccc(O)c2)c1. The summed E-state index contributed by atoms with van der Waals surface area (Å²) in [6.07, 6.45) is 0. The van der Waals surface area contributed by atoms with Gasteiger partial charge in [-0.2, -0.15) is 0 Å². The second kappa shape index (κ2) is 5.19. The summed E-state index contributed by atoms with van der Waals surface area (Å²) in [5.41, 5.74) is 0.391. The zero-order valence-corrected chi connectivity index (χ0v) is 11.0. The molecule has 2 aromatic carbocycles. The number of rotatable bonds is 4. The number of sulfonamides is 1. The predicted octanol–water partition coefficient (Wildman–Crippen LogP) is 2.20. The molecule has 0 aromatic heterocycles. The van der Waals surface area contributed by atoms with E-state index in [0.717, 1.165) is 0 Å². The molecule has 0 unspecified atom stereocenters. The Bertz CT molecular complexity index is 683. The largest absolute Gasteiger partial charge is 0.508 e. The van der Waals surface area contributed by atoms with E-state index in [1.165, 1.54) is 31.4 Å². The highest BCUT2D eigenvalue weighted by Gasteiger charge is 2.14. The third kappa shape index (κ3) is 3.17. The first-order chi connectivity index (χ1) is 9.01. The van der Waals surface area contributed by atoms with Crippen molar-refractivity contribution in [3.63, 3.8) is 0 Å². The summed E-state index contributed by atoms with van der Waals surface area (Å²) < 4.78 is 31.6. The van der Waals surface area contributed by atoms with Crippen molar-refractivity contribution in [3.05, 3.63) is 48.5 Å². The van der Waals surface area contributed by atoms with Gasteiger partial charge in [0, 0.05) is 12.1 Å². The first-order valence-corrected chi connectivity index (χ1v) is 6.95. The molecule has 0 spiro atoms. The number of aromatic hydroxyl groups is 1. The van der Waals surface area contributed by atoms with Crippen LogP contribution in [0.2, 0.25) is 0 Å². The maximum absolute atomic E-state index is 12.1. The molecule has 0 amide bonds. The molecule has 0 saturated carbocycles. The minimum absolute atomic E-state index is 0.00433. The summed E-state index contributed by atoms with van der Waals surface area (Å²) in [5, 5.41) is 9.31. The topological polar surface area (TPSA) is 75.6 Å². The molecular weight excluding hydrogens is 266 g/mol. The lowest BCUT2D eigenvalue weighted by molar-refractivity contribution is 0.415. The fourth-order valence-electron chi connectivity index (χ4n) is 1.55. The van der Waals surface area contributed by atoms with E-state index in [4.69, 9.17) is 4.74 Å². The second-order valence-corrected chi connectivity index (χ2v) is 5.52. The second-order valence-electron chi connectivity index (χ2n) is 3.83. The highest BCUT2D eigenvalue weighted by Crippen LogP contribution is 2.22. The number of phenols is 1. The number of benzene rings is 2. The van der Waals surface area contributed by atoms with Crippen LogP contribution in [0.4, 0.5) is 5.69 Å². The van der Waals surface area contributed by atoms with Crippen LogP contribution in [0.25, 0.3) is 0 Å². The first kappa shape index (κ1) is 13.2. The Balaban J connectivity index is 2.31. The lowest BCUT2D eigenvalue weighted by atomic mass is 10.3. The van der Waals surface area contributed by atoms with Crippen molar-refractivity contribution >= 4 is 15.7 Å². The van der Waals surface area contributed by atoms with Crippen molar-refractivity contribution in [3.8, 4) is 11.5 Å². The smallest absolute Gasteiger partial charge is 0.262 e. The van der Waals surface area contributed by atoms with Crippen LogP contribution in [0.3, 0.4) is 0 Å². The molecule has 0 aliphatic rings. The number of phenolic OH excluding ortho intramolecular Hbond substituents is 1. The predicted molar refractivity (Wildman–Crippen MR) is 71.9 cm³/mol. The lowest BCUT2D eigenvalue weighted by Gasteiger charge is -2.09. The summed E-state index contributed by atoms with van der Waals surface area (Å²) >= 11 is 0. The Morgan fingerprint density at radius 1 is 1.11 bits per heavy atom. The molecule has 0 bridgehead atoms. The summed E-state index contributed by atoms with van der Waals surface area (Å²) in [6.45, 7) is 0. The van der Waals surface area contributed by atoms with Crippen LogP contribution < -0.4 is 9.46 Å². The van der Waals surface area contributed by atoms with Crippen molar-refractivity contribution in [2.24, 2.45) is 0 Å². The van der Waals surface area contributed by atoms with Crippen molar-refractivity contribution in [2.75, 3.05) is 11.8 Å². The van der Waals surface area contributed by atoms with E-state index in [1.54, 1.807) is 24.3 Å². The van der Waals surface area contributed by atoms with Crippen LogP contribution >= 0.6 is 0 Å². The minimum Gasteiger partial charge on any atom is -0.508 e. The lowest BCUT2D eigenvalue weighted by Crippen LogP contribution is -2.12. The molecule has 0 fully saturated rings. The van der Waals surface area contributed by atoms with Gasteiger partial charge < -0.3 is 9.84 Å². The summed E-state index contributed by atoms with van der Waals surface area (Å²) in [4.78, 5) is -0.00433. The molecule has 0 aliphatic heterocycles. The van der Waals surface area contributed by atoms with E-state index in [1.807, 2.05) is 0 Å². The van der Waals surface area contributed by atoms with Crippen molar-refractivity contribution in [1.29, 1.82) is 0 Å². The average molecular weight is 279 g/mol. The fourth-order valence-corrected chi connectivity index (χ4v) is 2.64. The maximum Gasteiger partial charge on any atom is 0.262 e. The number of nitrogens with one attached hydrogen (secondary N) is 1. The Labute approximate surface area is 111 Å². The van der Waals surface area contributed by atoms with Crippen LogP contribution in [0.5, 0.6) is 11.5 Å². The van der Waals surface area contributed by atoms with Gasteiger partial charge in [-0.25, -0.2) is 8.42 Å². The van der Waals surface area contributed by atoms with Crippen LogP contribution in [-0.2, 0) is 10.0 Å². The van der Waals surface area contributed by atoms with E-state index in [-0.39, 0.29) is 10.6 Å². The molecule has 6 heteroatoms.